The van der Waals surface area contributed by atoms with Crippen LogP contribution in [-0.2, 0) is 0 Å². The number of nitrogens with two attached hydrogens (primary N) is 1. The van der Waals surface area contributed by atoms with Gasteiger partial charge < -0.3 is 20.3 Å². The normalized spacial score (nSPS) is 18.9. The molecule has 0 radical (unpaired) electrons. The summed E-state index contributed by atoms with van der Waals surface area (Å²) in [5.41, 5.74) is 6.57. The number of nitrogen functional groups attached to an aromatic ring is 1. The van der Waals surface area contributed by atoms with E-state index in [2.05, 4.69) is 23.9 Å². The highest BCUT2D eigenvalue weighted by Gasteiger charge is 2.30. The van der Waals surface area contributed by atoms with Crippen LogP contribution in [0.25, 0.3) is 0 Å². The van der Waals surface area contributed by atoms with Gasteiger partial charge in [0.05, 0.1) is 17.7 Å². The first-order chi connectivity index (χ1) is 9.49. The maximum absolute atomic E-state index is 12.0. The smallest absolute Gasteiger partial charge is 0.177 e. The summed E-state index contributed by atoms with van der Waals surface area (Å²) in [6, 6.07) is 0.536. The van der Waals surface area contributed by atoms with Gasteiger partial charge in [0, 0.05) is 25.6 Å². The molecule has 0 bridgehead atoms. The lowest BCUT2D eigenvalue weighted by Gasteiger charge is -2.21. The lowest BCUT2D eigenvalue weighted by Crippen LogP contribution is -2.31. The van der Waals surface area contributed by atoms with Crippen molar-refractivity contribution in [3.63, 3.8) is 0 Å². The quantitative estimate of drug-likeness (QED) is 0.843. The van der Waals surface area contributed by atoms with Crippen molar-refractivity contribution in [2.75, 3.05) is 44.9 Å². The van der Waals surface area contributed by atoms with E-state index in [-0.39, 0.29) is 5.78 Å². The number of likely N-dealkylation sites (N-methyl/N-ethyl adjacent to an activating group) is 1. The largest absolute Gasteiger partial charge is 0.492 e. The highest BCUT2D eigenvalue weighted by Crippen LogP contribution is 2.46. The van der Waals surface area contributed by atoms with Crippen LogP contribution in [-0.4, -0.2) is 51.0 Å². The highest BCUT2D eigenvalue weighted by atomic mass is 32.1. The molecule has 1 aromatic rings. The standard InChI is InChI=1S/C14H23N3O2S/c1-5-10(18)13-11(15)12(19-4)14(20-13)17-7-6-9(8-17)16(2)3/h9H,5-8,15H2,1-4H3. The zero-order valence-corrected chi connectivity index (χ0v) is 13.4. The molecule has 112 valence electrons. The van der Waals surface area contributed by atoms with Gasteiger partial charge in [-0.1, -0.05) is 6.92 Å². The number of hydrogen-bond acceptors (Lipinski definition) is 6. The zero-order valence-electron chi connectivity index (χ0n) is 12.6. The fourth-order valence-corrected chi connectivity index (χ4v) is 3.77. The molecular formula is C14H23N3O2S. The number of ketones is 1. The number of carbonyl (C=O) groups excluding carboxylic acids is 1. The molecule has 2 heterocycles. The van der Waals surface area contributed by atoms with Gasteiger partial charge in [-0.3, -0.25) is 4.79 Å². The number of thiophene rings is 1. The lowest BCUT2D eigenvalue weighted by molar-refractivity contribution is 0.0992. The summed E-state index contributed by atoms with van der Waals surface area (Å²) in [5.74, 6) is 0.742. The first-order valence-corrected chi connectivity index (χ1v) is 7.72. The fraction of sp³-hybridized carbons (Fsp3) is 0.643. The van der Waals surface area contributed by atoms with E-state index in [0.717, 1.165) is 24.5 Å². The molecule has 1 aliphatic heterocycles. The first-order valence-electron chi connectivity index (χ1n) is 6.90. The molecule has 1 fully saturated rings. The monoisotopic (exact) mass is 297 g/mol. The maximum atomic E-state index is 12.0. The van der Waals surface area contributed by atoms with E-state index in [9.17, 15) is 4.79 Å². The number of carbonyl (C=O) groups is 1. The van der Waals surface area contributed by atoms with Gasteiger partial charge >= 0.3 is 0 Å². The predicted octanol–water partition coefficient (Wildman–Crippen LogP) is 2.07. The van der Waals surface area contributed by atoms with Gasteiger partial charge in [0.2, 0.25) is 0 Å². The average Bonchev–Trinajstić information content (AvgIpc) is 3.02. The predicted molar refractivity (Wildman–Crippen MR) is 84.2 cm³/mol. The van der Waals surface area contributed by atoms with Crippen molar-refractivity contribution in [3.8, 4) is 5.75 Å². The van der Waals surface area contributed by atoms with Gasteiger partial charge in [-0.2, -0.15) is 0 Å². The van der Waals surface area contributed by atoms with Gasteiger partial charge in [0.15, 0.2) is 11.5 Å². The summed E-state index contributed by atoms with van der Waals surface area (Å²) in [6.45, 7) is 3.77. The van der Waals surface area contributed by atoms with Gasteiger partial charge in [0.1, 0.15) is 5.00 Å². The Morgan fingerprint density at radius 2 is 2.25 bits per heavy atom. The Morgan fingerprint density at radius 3 is 2.75 bits per heavy atom. The molecule has 1 aromatic heterocycles. The third-order valence-corrected chi connectivity index (χ3v) is 5.13. The number of Topliss-reactive ketones (excluding diaryl/α,β-unsaturated/α-hetero) is 1. The number of hydrogen-bond donors (Lipinski definition) is 1. The fourth-order valence-electron chi connectivity index (χ4n) is 2.54. The Labute approximate surface area is 124 Å². The SMILES string of the molecule is CCC(=O)c1sc(N2CCC(N(C)C)C2)c(OC)c1N. The van der Waals surface area contributed by atoms with Crippen molar-refractivity contribution in [2.45, 2.75) is 25.8 Å². The van der Waals surface area contributed by atoms with E-state index in [4.69, 9.17) is 10.5 Å². The number of ether oxygens (including phenoxy) is 1. The van der Waals surface area contributed by atoms with Gasteiger partial charge in [0.25, 0.3) is 0 Å². The van der Waals surface area contributed by atoms with Crippen molar-refractivity contribution in [3.05, 3.63) is 4.88 Å². The van der Waals surface area contributed by atoms with Crippen LogP contribution >= 0.6 is 11.3 Å². The molecule has 0 aromatic carbocycles. The topological polar surface area (TPSA) is 58.8 Å². The van der Waals surface area contributed by atoms with E-state index in [0.29, 0.717) is 28.8 Å². The van der Waals surface area contributed by atoms with E-state index >= 15 is 0 Å². The molecule has 0 amide bonds. The second-order valence-electron chi connectivity index (χ2n) is 5.31. The maximum Gasteiger partial charge on any atom is 0.177 e. The van der Waals surface area contributed by atoms with Crippen LogP contribution in [0, 0.1) is 0 Å². The Hall–Kier alpha value is -1.27. The Bertz CT molecular complexity index is 499. The van der Waals surface area contributed by atoms with E-state index < -0.39 is 0 Å². The van der Waals surface area contributed by atoms with Gasteiger partial charge in [-0.25, -0.2) is 0 Å². The van der Waals surface area contributed by atoms with Crippen LogP contribution in [0.5, 0.6) is 5.75 Å². The van der Waals surface area contributed by atoms with Gasteiger partial charge in [-0.05, 0) is 20.5 Å². The summed E-state index contributed by atoms with van der Waals surface area (Å²) in [6.07, 6.45) is 1.58. The summed E-state index contributed by atoms with van der Waals surface area (Å²) in [5, 5.41) is 0.992. The minimum atomic E-state index is 0.0837. The third-order valence-electron chi connectivity index (χ3n) is 3.84. The molecule has 6 heteroatoms. The van der Waals surface area contributed by atoms with Crippen molar-refractivity contribution < 1.29 is 9.53 Å². The first kappa shape index (κ1) is 15.1. The van der Waals surface area contributed by atoms with E-state index in [1.807, 2.05) is 6.92 Å². The van der Waals surface area contributed by atoms with Crippen LogP contribution < -0.4 is 15.4 Å². The number of anilines is 2. The summed E-state index contributed by atoms with van der Waals surface area (Å²) >= 11 is 1.46. The molecule has 0 spiro atoms. The second-order valence-corrected chi connectivity index (χ2v) is 6.31. The molecule has 1 atom stereocenters. The van der Waals surface area contributed by atoms with Crippen LogP contribution in [0.15, 0.2) is 0 Å². The van der Waals surface area contributed by atoms with Crippen LogP contribution in [0.2, 0.25) is 0 Å². The second kappa shape index (κ2) is 6.01. The zero-order chi connectivity index (χ0) is 14.9. The average molecular weight is 297 g/mol. The molecule has 20 heavy (non-hydrogen) atoms. The molecule has 2 rings (SSSR count). The molecule has 2 N–H and O–H groups in total. The molecule has 0 saturated carbocycles. The third kappa shape index (κ3) is 2.62. The van der Waals surface area contributed by atoms with E-state index in [1.165, 1.54) is 11.3 Å². The summed E-state index contributed by atoms with van der Waals surface area (Å²) < 4.78 is 5.44. The van der Waals surface area contributed by atoms with Gasteiger partial charge in [-0.15, -0.1) is 11.3 Å². The van der Waals surface area contributed by atoms with Crippen molar-refractivity contribution in [1.82, 2.24) is 4.90 Å². The molecule has 1 aliphatic rings. The molecule has 0 aliphatic carbocycles. The minimum absolute atomic E-state index is 0.0837. The molecule has 1 saturated heterocycles. The summed E-state index contributed by atoms with van der Waals surface area (Å²) in [7, 11) is 5.81. The Morgan fingerprint density at radius 1 is 1.55 bits per heavy atom. The van der Waals surface area contributed by atoms with Crippen molar-refractivity contribution in [2.24, 2.45) is 0 Å². The highest BCUT2D eigenvalue weighted by molar-refractivity contribution is 7.19. The number of rotatable bonds is 5. The van der Waals surface area contributed by atoms with Crippen molar-refractivity contribution >= 4 is 27.8 Å². The Kier molecular flexibility index (Phi) is 4.55. The van der Waals surface area contributed by atoms with Crippen LogP contribution in [0.4, 0.5) is 10.7 Å². The number of methoxy groups -OCH3 is 1. The van der Waals surface area contributed by atoms with Crippen molar-refractivity contribution in [1.29, 1.82) is 0 Å². The molecular weight excluding hydrogens is 274 g/mol. The summed E-state index contributed by atoms with van der Waals surface area (Å²) in [4.78, 5) is 17.1. The Balaban J connectivity index is 2.30. The number of nitrogens with zero attached hydrogens (tertiary/aromatic N) is 2. The van der Waals surface area contributed by atoms with Crippen LogP contribution in [0.3, 0.4) is 0 Å². The lowest BCUT2D eigenvalue weighted by atomic mass is 10.2. The molecule has 5 nitrogen and oxygen atoms in total. The van der Waals surface area contributed by atoms with E-state index in [1.54, 1.807) is 7.11 Å². The molecule has 1 unspecified atom stereocenters. The van der Waals surface area contributed by atoms with Crippen LogP contribution in [0.1, 0.15) is 29.4 Å². The minimum Gasteiger partial charge on any atom is -0.492 e.